The van der Waals surface area contributed by atoms with Gasteiger partial charge in [-0.15, -0.1) is 6.42 Å². The third kappa shape index (κ3) is 3.66. The molecule has 2 N–H and O–H groups in total. The summed E-state index contributed by atoms with van der Waals surface area (Å²) in [5.41, 5.74) is 0.146. The van der Waals surface area contributed by atoms with E-state index in [1.54, 1.807) is 12.1 Å². The van der Waals surface area contributed by atoms with Gasteiger partial charge in [-0.2, -0.15) is 13.2 Å². The monoisotopic (exact) mass is 319 g/mol. The highest BCUT2D eigenvalue weighted by Gasteiger charge is 2.31. The van der Waals surface area contributed by atoms with Crippen molar-refractivity contribution in [2.24, 2.45) is 0 Å². The Labute approximate surface area is 133 Å². The van der Waals surface area contributed by atoms with Crippen LogP contribution in [0.25, 0.3) is 0 Å². The molecule has 0 amide bonds. The molecule has 0 unspecified atom stereocenters. The van der Waals surface area contributed by atoms with E-state index in [-0.39, 0.29) is 0 Å². The second-order valence-electron chi connectivity index (χ2n) is 5.27. The average molecular weight is 319 g/mol. The van der Waals surface area contributed by atoms with Crippen molar-refractivity contribution in [2.45, 2.75) is 18.6 Å². The molecule has 23 heavy (non-hydrogen) atoms. The van der Waals surface area contributed by atoms with Crippen molar-refractivity contribution in [1.82, 2.24) is 0 Å². The summed E-state index contributed by atoms with van der Waals surface area (Å²) >= 11 is 0. The minimum absolute atomic E-state index is 0.394. The molecule has 0 aromatic heterocycles. The van der Waals surface area contributed by atoms with Crippen LogP contribution in [0.2, 0.25) is 0 Å². The standard InChI is InChI=1S/C18H16F3NO/c1-3-17(12-23,14-6-4-13(2)5-7-14)22-16-10-8-15(9-11-16)18(19,20)21/h1,4-11,22-23H,12H2,2H3/t17-/m1/s1. The molecule has 0 radical (unpaired) electrons. The number of anilines is 1. The smallest absolute Gasteiger partial charge is 0.393 e. The van der Waals surface area contributed by atoms with Gasteiger partial charge in [0.2, 0.25) is 0 Å². The largest absolute Gasteiger partial charge is 0.416 e. The zero-order valence-electron chi connectivity index (χ0n) is 12.5. The van der Waals surface area contributed by atoms with Gasteiger partial charge in [-0.05, 0) is 36.8 Å². The minimum atomic E-state index is -4.39. The van der Waals surface area contributed by atoms with E-state index in [4.69, 9.17) is 6.42 Å². The Kier molecular flexibility index (Phi) is 4.67. The summed E-state index contributed by atoms with van der Waals surface area (Å²) in [4.78, 5) is 0. The summed E-state index contributed by atoms with van der Waals surface area (Å²) in [5, 5.41) is 12.7. The highest BCUT2D eigenvalue weighted by Crippen LogP contribution is 2.31. The first kappa shape index (κ1) is 16.9. The van der Waals surface area contributed by atoms with Crippen LogP contribution in [0.15, 0.2) is 48.5 Å². The molecule has 2 aromatic carbocycles. The molecule has 2 nitrogen and oxygen atoms in total. The number of terminal acetylenes is 1. The lowest BCUT2D eigenvalue weighted by Gasteiger charge is -2.29. The maximum Gasteiger partial charge on any atom is 0.416 e. The molecular formula is C18H16F3NO. The number of aliphatic hydroxyl groups excluding tert-OH is 1. The summed E-state index contributed by atoms with van der Waals surface area (Å²) < 4.78 is 37.8. The highest BCUT2D eigenvalue weighted by atomic mass is 19.4. The van der Waals surface area contributed by atoms with Gasteiger partial charge in [0.05, 0.1) is 12.2 Å². The topological polar surface area (TPSA) is 32.3 Å². The lowest BCUT2D eigenvalue weighted by Crippen LogP contribution is -2.37. The molecule has 0 saturated heterocycles. The molecule has 0 fully saturated rings. The van der Waals surface area contributed by atoms with E-state index in [0.717, 1.165) is 17.7 Å². The minimum Gasteiger partial charge on any atom is -0.393 e. The number of hydrogen-bond donors (Lipinski definition) is 2. The van der Waals surface area contributed by atoms with Crippen LogP contribution < -0.4 is 5.32 Å². The average Bonchev–Trinajstić information content (AvgIpc) is 2.53. The zero-order chi connectivity index (χ0) is 17.1. The van der Waals surface area contributed by atoms with E-state index >= 15 is 0 Å². The Morgan fingerprint density at radius 1 is 1.00 bits per heavy atom. The lowest BCUT2D eigenvalue weighted by atomic mass is 9.90. The summed E-state index contributed by atoms with van der Waals surface area (Å²) in [6.07, 6.45) is 1.19. The Morgan fingerprint density at radius 2 is 1.52 bits per heavy atom. The van der Waals surface area contributed by atoms with Gasteiger partial charge in [0.25, 0.3) is 0 Å². The number of aryl methyl sites for hydroxylation is 1. The molecule has 0 saturated carbocycles. The maximum absolute atomic E-state index is 12.6. The maximum atomic E-state index is 12.6. The van der Waals surface area contributed by atoms with Crippen molar-refractivity contribution in [2.75, 3.05) is 11.9 Å². The summed E-state index contributed by atoms with van der Waals surface area (Å²) in [5.74, 6) is 2.51. The van der Waals surface area contributed by atoms with Crippen LogP contribution in [0.1, 0.15) is 16.7 Å². The number of rotatable bonds is 4. The molecule has 5 heteroatoms. The van der Waals surface area contributed by atoms with Crippen molar-refractivity contribution in [1.29, 1.82) is 0 Å². The van der Waals surface area contributed by atoms with Crippen molar-refractivity contribution in [3.05, 3.63) is 65.2 Å². The SMILES string of the molecule is C#C[C@](CO)(Nc1ccc(C(F)(F)F)cc1)c1ccc(C)cc1. The molecule has 2 aromatic rings. The summed E-state index contributed by atoms with van der Waals surface area (Å²) in [7, 11) is 0. The quantitative estimate of drug-likeness (QED) is 0.837. The summed E-state index contributed by atoms with van der Waals surface area (Å²) in [6.45, 7) is 1.52. The Balaban J connectivity index is 2.33. The number of nitrogens with one attached hydrogen (secondary N) is 1. The van der Waals surface area contributed by atoms with Gasteiger partial charge in [0.15, 0.2) is 0 Å². The Bertz CT molecular complexity index is 699. The van der Waals surface area contributed by atoms with E-state index in [1.165, 1.54) is 12.1 Å². The van der Waals surface area contributed by atoms with Crippen molar-refractivity contribution >= 4 is 5.69 Å². The first-order valence-corrected chi connectivity index (χ1v) is 6.92. The van der Waals surface area contributed by atoms with Crippen LogP contribution in [0.4, 0.5) is 18.9 Å². The second kappa shape index (κ2) is 6.35. The fourth-order valence-corrected chi connectivity index (χ4v) is 2.20. The number of alkyl halides is 3. The molecule has 0 bridgehead atoms. The fraction of sp³-hybridized carbons (Fsp3) is 0.222. The predicted octanol–water partition coefficient (Wildman–Crippen LogP) is 3.95. The van der Waals surface area contributed by atoms with E-state index < -0.39 is 23.9 Å². The number of halogens is 3. The zero-order valence-corrected chi connectivity index (χ0v) is 12.5. The first-order valence-electron chi connectivity index (χ1n) is 6.92. The molecule has 120 valence electrons. The molecule has 0 spiro atoms. The van der Waals surface area contributed by atoms with Crippen molar-refractivity contribution < 1.29 is 18.3 Å². The van der Waals surface area contributed by atoms with Gasteiger partial charge in [-0.3, -0.25) is 0 Å². The second-order valence-corrected chi connectivity index (χ2v) is 5.27. The van der Waals surface area contributed by atoms with Gasteiger partial charge in [0, 0.05) is 5.69 Å². The van der Waals surface area contributed by atoms with Crippen LogP contribution in [-0.4, -0.2) is 11.7 Å². The number of hydrogen-bond acceptors (Lipinski definition) is 2. The molecule has 0 aliphatic carbocycles. The van der Waals surface area contributed by atoms with E-state index in [0.29, 0.717) is 11.3 Å². The van der Waals surface area contributed by atoms with Crippen LogP contribution in [0, 0.1) is 19.3 Å². The van der Waals surface area contributed by atoms with Gasteiger partial charge < -0.3 is 10.4 Å². The van der Waals surface area contributed by atoms with Crippen LogP contribution in [0.3, 0.4) is 0 Å². The molecular weight excluding hydrogens is 303 g/mol. The number of aliphatic hydroxyl groups is 1. The molecule has 0 heterocycles. The molecule has 2 rings (SSSR count). The van der Waals surface area contributed by atoms with Crippen LogP contribution in [0.5, 0.6) is 0 Å². The third-order valence-electron chi connectivity index (χ3n) is 3.60. The molecule has 1 atom stereocenters. The van der Waals surface area contributed by atoms with Gasteiger partial charge in [-0.25, -0.2) is 0 Å². The van der Waals surface area contributed by atoms with Crippen LogP contribution in [-0.2, 0) is 11.7 Å². The van der Waals surface area contributed by atoms with E-state index in [9.17, 15) is 18.3 Å². The highest BCUT2D eigenvalue weighted by molar-refractivity contribution is 5.53. The Morgan fingerprint density at radius 3 is 1.96 bits per heavy atom. The van der Waals surface area contributed by atoms with Gasteiger partial charge >= 0.3 is 6.18 Å². The first-order chi connectivity index (χ1) is 10.8. The van der Waals surface area contributed by atoms with E-state index in [1.807, 2.05) is 19.1 Å². The molecule has 0 aliphatic rings. The fourth-order valence-electron chi connectivity index (χ4n) is 2.20. The van der Waals surface area contributed by atoms with Crippen LogP contribution >= 0.6 is 0 Å². The van der Waals surface area contributed by atoms with Crippen molar-refractivity contribution in [3.8, 4) is 12.3 Å². The normalized spacial score (nSPS) is 13.9. The predicted molar refractivity (Wildman–Crippen MR) is 83.8 cm³/mol. The summed E-state index contributed by atoms with van der Waals surface area (Å²) in [6, 6.07) is 11.8. The third-order valence-corrected chi connectivity index (χ3v) is 3.60. The number of benzene rings is 2. The van der Waals surface area contributed by atoms with E-state index in [2.05, 4.69) is 11.2 Å². The van der Waals surface area contributed by atoms with Gasteiger partial charge in [-0.1, -0.05) is 35.7 Å². The lowest BCUT2D eigenvalue weighted by molar-refractivity contribution is -0.137. The Hall–Kier alpha value is -2.45. The molecule has 0 aliphatic heterocycles. The van der Waals surface area contributed by atoms with Gasteiger partial charge in [0.1, 0.15) is 5.54 Å². The van der Waals surface area contributed by atoms with Crippen molar-refractivity contribution in [3.63, 3.8) is 0 Å².